The Morgan fingerprint density at radius 3 is 2.94 bits per heavy atom. The third kappa shape index (κ3) is 3.07. The first-order valence-corrected chi connectivity index (χ1v) is 5.26. The van der Waals surface area contributed by atoms with Crippen LogP contribution in [-0.2, 0) is 9.53 Å². The van der Waals surface area contributed by atoms with E-state index < -0.39 is 10.7 Å². The Kier molecular flexibility index (Phi) is 4.08. The number of aliphatic carboxylic acids is 1. The van der Waals surface area contributed by atoms with Crippen LogP contribution in [0.2, 0.25) is 0 Å². The molecule has 1 aromatic rings. The minimum absolute atomic E-state index is 0.0194. The first-order valence-electron chi connectivity index (χ1n) is 4.44. The van der Waals surface area contributed by atoms with Gasteiger partial charge in [0, 0.05) is 19.4 Å². The summed E-state index contributed by atoms with van der Waals surface area (Å²) in [6, 6.07) is 1.26. The number of aromatic amines is 1. The molecule has 88 valence electrons. The lowest BCUT2D eigenvalue weighted by molar-refractivity contribution is -0.140. The third-order valence-corrected chi connectivity index (χ3v) is 2.99. The van der Waals surface area contributed by atoms with Crippen molar-refractivity contribution >= 4 is 17.7 Å². The van der Waals surface area contributed by atoms with Crippen molar-refractivity contribution in [2.75, 3.05) is 13.7 Å². The second-order valence-electron chi connectivity index (χ2n) is 3.31. The van der Waals surface area contributed by atoms with E-state index in [2.05, 4.69) is 9.97 Å². The number of carboxylic acids is 1. The summed E-state index contributed by atoms with van der Waals surface area (Å²) in [5.41, 5.74) is -0.317. The number of aromatic nitrogens is 2. The molecule has 1 unspecified atom stereocenters. The molecule has 6 nitrogen and oxygen atoms in total. The maximum atomic E-state index is 11.1. The first kappa shape index (κ1) is 12.7. The molecule has 1 aromatic heterocycles. The molecule has 1 rings (SSSR count). The van der Waals surface area contributed by atoms with Crippen molar-refractivity contribution in [2.24, 2.45) is 0 Å². The van der Waals surface area contributed by atoms with Gasteiger partial charge in [-0.1, -0.05) is 11.8 Å². The first-order chi connectivity index (χ1) is 7.48. The van der Waals surface area contributed by atoms with Crippen LogP contribution in [-0.4, -0.2) is 39.5 Å². The number of hydrogen-bond donors (Lipinski definition) is 2. The smallest absolute Gasteiger partial charge is 0.322 e. The highest BCUT2D eigenvalue weighted by molar-refractivity contribution is 8.01. The molecular formula is C9H12N2O4S. The van der Waals surface area contributed by atoms with Crippen molar-refractivity contribution < 1.29 is 14.6 Å². The number of hydrogen-bond acceptors (Lipinski definition) is 5. The third-order valence-electron chi connectivity index (χ3n) is 1.84. The van der Waals surface area contributed by atoms with E-state index in [1.807, 2.05) is 0 Å². The molecule has 16 heavy (non-hydrogen) atoms. The van der Waals surface area contributed by atoms with Crippen molar-refractivity contribution in [3.05, 3.63) is 22.6 Å². The van der Waals surface area contributed by atoms with Gasteiger partial charge in [0.25, 0.3) is 5.56 Å². The van der Waals surface area contributed by atoms with Gasteiger partial charge in [-0.15, -0.1) is 0 Å². The van der Waals surface area contributed by atoms with Crippen LogP contribution in [0, 0.1) is 0 Å². The quantitative estimate of drug-likeness (QED) is 0.573. The van der Waals surface area contributed by atoms with Crippen molar-refractivity contribution in [3.8, 4) is 0 Å². The van der Waals surface area contributed by atoms with Gasteiger partial charge in [0.05, 0.1) is 6.61 Å². The molecular weight excluding hydrogens is 232 g/mol. The summed E-state index contributed by atoms with van der Waals surface area (Å²) in [5.74, 6) is -1.02. The van der Waals surface area contributed by atoms with Gasteiger partial charge < -0.3 is 14.8 Å². The summed E-state index contributed by atoms with van der Waals surface area (Å²) in [5, 5.41) is 9.33. The zero-order valence-corrected chi connectivity index (χ0v) is 9.71. The van der Waals surface area contributed by atoms with Crippen LogP contribution in [0.1, 0.15) is 6.92 Å². The molecule has 7 heteroatoms. The maximum Gasteiger partial charge on any atom is 0.322 e. The summed E-state index contributed by atoms with van der Waals surface area (Å²) in [6.07, 6.45) is 1.33. The Balaban J connectivity index is 2.92. The van der Waals surface area contributed by atoms with Gasteiger partial charge in [-0.25, -0.2) is 4.98 Å². The van der Waals surface area contributed by atoms with Crippen molar-refractivity contribution in [2.45, 2.75) is 16.8 Å². The SMILES string of the molecule is COCC(C)(Sc1nccc(=O)[nH]1)C(=O)O. The number of thioether (sulfide) groups is 1. The predicted molar refractivity (Wildman–Crippen MR) is 58.6 cm³/mol. The number of nitrogens with one attached hydrogen (secondary N) is 1. The number of carbonyl (C=O) groups is 1. The van der Waals surface area contributed by atoms with Gasteiger partial charge in [-0.3, -0.25) is 9.59 Å². The molecule has 0 fully saturated rings. The highest BCUT2D eigenvalue weighted by atomic mass is 32.2. The molecule has 0 amide bonds. The Bertz CT molecular complexity index is 434. The predicted octanol–water partition coefficient (Wildman–Crippen LogP) is 0.352. The Hall–Kier alpha value is -1.34. The number of ether oxygens (including phenoxy) is 1. The second-order valence-corrected chi connectivity index (χ2v) is 4.80. The van der Waals surface area contributed by atoms with Gasteiger partial charge in [0.1, 0.15) is 4.75 Å². The van der Waals surface area contributed by atoms with Crippen LogP contribution in [0.25, 0.3) is 0 Å². The Morgan fingerprint density at radius 1 is 1.75 bits per heavy atom. The average molecular weight is 244 g/mol. The molecule has 0 spiro atoms. The average Bonchev–Trinajstić information content (AvgIpc) is 2.17. The second kappa shape index (κ2) is 5.13. The van der Waals surface area contributed by atoms with E-state index in [-0.39, 0.29) is 17.3 Å². The van der Waals surface area contributed by atoms with Gasteiger partial charge in [0.2, 0.25) is 0 Å². The van der Waals surface area contributed by atoms with E-state index in [0.717, 1.165) is 11.8 Å². The number of nitrogens with zero attached hydrogens (tertiary/aromatic N) is 1. The van der Waals surface area contributed by atoms with Crippen molar-refractivity contribution in [1.82, 2.24) is 9.97 Å². The van der Waals surface area contributed by atoms with E-state index >= 15 is 0 Å². The topological polar surface area (TPSA) is 92.3 Å². The largest absolute Gasteiger partial charge is 0.480 e. The Morgan fingerprint density at radius 2 is 2.44 bits per heavy atom. The number of rotatable bonds is 5. The van der Waals surface area contributed by atoms with Crippen LogP contribution in [0.3, 0.4) is 0 Å². The number of methoxy groups -OCH3 is 1. The molecule has 1 heterocycles. The van der Waals surface area contributed by atoms with E-state index in [9.17, 15) is 9.59 Å². The monoisotopic (exact) mass is 244 g/mol. The van der Waals surface area contributed by atoms with Crippen LogP contribution in [0.15, 0.2) is 22.2 Å². The molecule has 0 aliphatic rings. The van der Waals surface area contributed by atoms with Gasteiger partial charge in [-0.05, 0) is 6.92 Å². The lowest BCUT2D eigenvalue weighted by atomic mass is 10.2. The van der Waals surface area contributed by atoms with Gasteiger partial charge >= 0.3 is 5.97 Å². The fraction of sp³-hybridized carbons (Fsp3) is 0.444. The van der Waals surface area contributed by atoms with Crippen LogP contribution < -0.4 is 5.56 Å². The van der Waals surface area contributed by atoms with Crippen molar-refractivity contribution in [1.29, 1.82) is 0 Å². The highest BCUT2D eigenvalue weighted by Gasteiger charge is 2.35. The zero-order valence-electron chi connectivity index (χ0n) is 8.89. The summed E-state index contributed by atoms with van der Waals surface area (Å²) in [7, 11) is 1.42. The minimum Gasteiger partial charge on any atom is -0.480 e. The number of H-pyrrole nitrogens is 1. The molecule has 0 aliphatic heterocycles. The van der Waals surface area contributed by atoms with Gasteiger partial charge in [-0.2, -0.15) is 0 Å². The summed E-state index contributed by atoms with van der Waals surface area (Å²) in [4.78, 5) is 28.4. The van der Waals surface area contributed by atoms with Crippen LogP contribution in [0.4, 0.5) is 0 Å². The Labute approximate surface area is 96.0 Å². The fourth-order valence-corrected chi connectivity index (χ4v) is 1.98. The summed E-state index contributed by atoms with van der Waals surface area (Å²) < 4.78 is 3.67. The molecule has 1 atom stereocenters. The number of carboxylic acid groups (broad SMARTS) is 1. The molecule has 0 radical (unpaired) electrons. The zero-order chi connectivity index (χ0) is 12.2. The van der Waals surface area contributed by atoms with E-state index in [1.54, 1.807) is 0 Å². The fourth-order valence-electron chi connectivity index (χ4n) is 1.03. The summed E-state index contributed by atoms with van der Waals surface area (Å²) in [6.45, 7) is 1.53. The van der Waals surface area contributed by atoms with Crippen molar-refractivity contribution in [3.63, 3.8) is 0 Å². The summed E-state index contributed by atoms with van der Waals surface area (Å²) >= 11 is 0.947. The van der Waals surface area contributed by atoms with E-state index in [0.29, 0.717) is 0 Å². The minimum atomic E-state index is -1.17. The van der Waals surface area contributed by atoms with Gasteiger partial charge in [0.15, 0.2) is 5.16 Å². The molecule has 0 aromatic carbocycles. The molecule has 0 aliphatic carbocycles. The van der Waals surface area contributed by atoms with Crippen LogP contribution >= 0.6 is 11.8 Å². The molecule has 2 N–H and O–H groups in total. The lowest BCUT2D eigenvalue weighted by Gasteiger charge is -2.21. The molecule has 0 bridgehead atoms. The molecule has 0 saturated heterocycles. The molecule has 0 saturated carbocycles. The van der Waals surface area contributed by atoms with E-state index in [4.69, 9.17) is 9.84 Å². The highest BCUT2D eigenvalue weighted by Crippen LogP contribution is 2.30. The van der Waals surface area contributed by atoms with E-state index in [1.165, 1.54) is 26.3 Å². The lowest BCUT2D eigenvalue weighted by Crippen LogP contribution is -2.36. The van der Waals surface area contributed by atoms with Crippen LogP contribution in [0.5, 0.6) is 0 Å². The maximum absolute atomic E-state index is 11.1. The standard InChI is InChI=1S/C9H12N2O4S/c1-9(5-15-2,7(13)14)16-8-10-4-3-6(12)11-8/h3-4H,5H2,1-2H3,(H,13,14)(H,10,11,12). The normalized spacial score (nSPS) is 14.4.